The fourth-order valence-electron chi connectivity index (χ4n) is 1.79. The first-order chi connectivity index (χ1) is 6.76. The Labute approximate surface area is 98.4 Å². The van der Waals surface area contributed by atoms with Crippen molar-refractivity contribution in [2.75, 3.05) is 12.0 Å². The Morgan fingerprint density at radius 2 is 1.86 bits per heavy atom. The molecule has 2 atom stereocenters. The van der Waals surface area contributed by atoms with Gasteiger partial charge in [-0.25, -0.2) is 0 Å². The standard InChI is InChI=1S/C12H26S2/c1-5-7-8-9-11(3)12(6-2)10-14-13-4/h11-12H,5-10H2,1-4H3. The third-order valence-electron chi connectivity index (χ3n) is 2.99. The van der Waals surface area contributed by atoms with Crippen LogP contribution in [0, 0.1) is 11.8 Å². The average Bonchev–Trinajstić information content (AvgIpc) is 2.19. The molecule has 86 valence electrons. The van der Waals surface area contributed by atoms with E-state index in [1.54, 1.807) is 0 Å². The van der Waals surface area contributed by atoms with Gasteiger partial charge in [0.15, 0.2) is 0 Å². The van der Waals surface area contributed by atoms with Gasteiger partial charge in [0.05, 0.1) is 0 Å². The van der Waals surface area contributed by atoms with Crippen molar-refractivity contribution in [1.29, 1.82) is 0 Å². The Balaban J connectivity index is 3.61. The minimum absolute atomic E-state index is 0.922. The van der Waals surface area contributed by atoms with Gasteiger partial charge >= 0.3 is 0 Å². The predicted molar refractivity (Wildman–Crippen MR) is 73.1 cm³/mol. The molecule has 0 aromatic rings. The monoisotopic (exact) mass is 234 g/mol. The maximum atomic E-state index is 2.44. The van der Waals surface area contributed by atoms with Crippen LogP contribution in [0.25, 0.3) is 0 Å². The maximum absolute atomic E-state index is 2.44. The molecule has 0 aromatic heterocycles. The highest BCUT2D eigenvalue weighted by atomic mass is 33.1. The van der Waals surface area contributed by atoms with Gasteiger partial charge < -0.3 is 0 Å². The van der Waals surface area contributed by atoms with E-state index in [0.29, 0.717) is 0 Å². The number of rotatable bonds is 9. The zero-order valence-electron chi connectivity index (χ0n) is 10.2. The molecule has 0 rings (SSSR count). The molecule has 0 aliphatic rings. The molecule has 2 heteroatoms. The first-order valence-corrected chi connectivity index (χ1v) is 8.64. The summed E-state index contributed by atoms with van der Waals surface area (Å²) in [5, 5.41) is 0. The summed E-state index contributed by atoms with van der Waals surface area (Å²) in [6, 6.07) is 0. The normalized spacial score (nSPS) is 15.4. The predicted octanol–water partition coefficient (Wildman–Crippen LogP) is 5.24. The molecule has 14 heavy (non-hydrogen) atoms. The SMILES string of the molecule is CCCCCC(C)C(CC)CSSC. The topological polar surface area (TPSA) is 0 Å². The molecule has 0 aliphatic carbocycles. The molecule has 0 amide bonds. The van der Waals surface area contributed by atoms with E-state index in [0.717, 1.165) is 11.8 Å². The van der Waals surface area contributed by atoms with Gasteiger partial charge in [0.1, 0.15) is 0 Å². The van der Waals surface area contributed by atoms with E-state index in [-0.39, 0.29) is 0 Å². The highest BCUT2D eigenvalue weighted by Gasteiger charge is 2.14. The molecule has 0 aliphatic heterocycles. The smallest absolute Gasteiger partial charge is 0.00676 e. The molecular weight excluding hydrogens is 208 g/mol. The van der Waals surface area contributed by atoms with Crippen molar-refractivity contribution in [3.63, 3.8) is 0 Å². The lowest BCUT2D eigenvalue weighted by Gasteiger charge is -2.21. The molecule has 2 unspecified atom stereocenters. The largest absolute Gasteiger partial charge is 0.0976 e. The van der Waals surface area contributed by atoms with Crippen LogP contribution < -0.4 is 0 Å². The fraction of sp³-hybridized carbons (Fsp3) is 1.00. The second-order valence-corrected chi connectivity index (χ2v) is 6.70. The summed E-state index contributed by atoms with van der Waals surface area (Å²) < 4.78 is 0. The summed E-state index contributed by atoms with van der Waals surface area (Å²) in [6.07, 6.45) is 9.15. The van der Waals surface area contributed by atoms with Crippen molar-refractivity contribution < 1.29 is 0 Å². The van der Waals surface area contributed by atoms with Crippen LogP contribution in [0.4, 0.5) is 0 Å². The van der Waals surface area contributed by atoms with Gasteiger partial charge in [0.2, 0.25) is 0 Å². The van der Waals surface area contributed by atoms with E-state index >= 15 is 0 Å². The van der Waals surface area contributed by atoms with Crippen LogP contribution in [0.3, 0.4) is 0 Å². The molecular formula is C12H26S2. The van der Waals surface area contributed by atoms with Crippen LogP contribution in [0.1, 0.15) is 52.9 Å². The van der Waals surface area contributed by atoms with Crippen molar-refractivity contribution in [3.05, 3.63) is 0 Å². The van der Waals surface area contributed by atoms with Gasteiger partial charge in [-0.3, -0.25) is 0 Å². The summed E-state index contributed by atoms with van der Waals surface area (Å²) in [4.78, 5) is 0. The molecule has 0 bridgehead atoms. The van der Waals surface area contributed by atoms with Crippen LogP contribution in [0.2, 0.25) is 0 Å². The molecule has 0 nitrogen and oxygen atoms in total. The van der Waals surface area contributed by atoms with E-state index in [9.17, 15) is 0 Å². The van der Waals surface area contributed by atoms with E-state index in [4.69, 9.17) is 0 Å². The summed E-state index contributed by atoms with van der Waals surface area (Å²) in [6.45, 7) is 7.05. The Morgan fingerprint density at radius 3 is 2.36 bits per heavy atom. The highest BCUT2D eigenvalue weighted by molar-refractivity contribution is 8.76. The quantitative estimate of drug-likeness (QED) is 0.395. The van der Waals surface area contributed by atoms with E-state index in [2.05, 4.69) is 27.0 Å². The molecule has 0 aromatic carbocycles. The van der Waals surface area contributed by atoms with Crippen LogP contribution in [-0.4, -0.2) is 12.0 Å². The van der Waals surface area contributed by atoms with E-state index in [1.807, 2.05) is 21.6 Å². The number of hydrogen-bond donors (Lipinski definition) is 0. The van der Waals surface area contributed by atoms with Crippen molar-refractivity contribution in [3.8, 4) is 0 Å². The highest BCUT2D eigenvalue weighted by Crippen LogP contribution is 2.29. The van der Waals surface area contributed by atoms with Gasteiger partial charge in [-0.05, 0) is 18.1 Å². The lowest BCUT2D eigenvalue weighted by atomic mass is 9.89. The number of hydrogen-bond acceptors (Lipinski definition) is 2. The molecule has 0 heterocycles. The van der Waals surface area contributed by atoms with Crippen molar-refractivity contribution >= 4 is 21.6 Å². The lowest BCUT2D eigenvalue weighted by molar-refractivity contribution is 0.350. The van der Waals surface area contributed by atoms with Gasteiger partial charge in [-0.1, -0.05) is 74.5 Å². The second-order valence-electron chi connectivity index (χ2n) is 4.09. The average molecular weight is 234 g/mol. The second kappa shape index (κ2) is 10.2. The minimum atomic E-state index is 0.922. The Bertz CT molecular complexity index is 115. The summed E-state index contributed by atoms with van der Waals surface area (Å²) in [5.74, 6) is 3.20. The van der Waals surface area contributed by atoms with Crippen LogP contribution >= 0.6 is 21.6 Å². The molecule has 0 saturated heterocycles. The van der Waals surface area contributed by atoms with Crippen LogP contribution in [-0.2, 0) is 0 Å². The van der Waals surface area contributed by atoms with Gasteiger partial charge in [0.25, 0.3) is 0 Å². The van der Waals surface area contributed by atoms with Crippen molar-refractivity contribution in [2.45, 2.75) is 52.9 Å². The third-order valence-corrected chi connectivity index (χ3v) is 4.91. The van der Waals surface area contributed by atoms with Gasteiger partial charge in [-0.15, -0.1) is 0 Å². The summed E-state index contributed by atoms with van der Waals surface area (Å²) in [5.41, 5.74) is 0. The molecule has 0 N–H and O–H groups in total. The Hall–Kier alpha value is 0.700. The summed E-state index contributed by atoms with van der Waals surface area (Å²) >= 11 is 0. The first kappa shape index (κ1) is 14.7. The van der Waals surface area contributed by atoms with Crippen LogP contribution in [0.5, 0.6) is 0 Å². The Kier molecular flexibility index (Phi) is 10.7. The summed E-state index contributed by atoms with van der Waals surface area (Å²) in [7, 11) is 3.93. The molecule has 0 spiro atoms. The molecule has 0 saturated carbocycles. The van der Waals surface area contributed by atoms with Gasteiger partial charge in [-0.2, -0.15) is 0 Å². The van der Waals surface area contributed by atoms with Crippen molar-refractivity contribution in [1.82, 2.24) is 0 Å². The first-order valence-electron chi connectivity index (χ1n) is 5.91. The number of unbranched alkanes of at least 4 members (excludes halogenated alkanes) is 2. The van der Waals surface area contributed by atoms with E-state index < -0.39 is 0 Å². The molecule has 0 fully saturated rings. The zero-order chi connectivity index (χ0) is 10.8. The fourth-order valence-corrected chi connectivity index (χ4v) is 3.60. The molecule has 0 radical (unpaired) electrons. The van der Waals surface area contributed by atoms with Crippen LogP contribution in [0.15, 0.2) is 0 Å². The lowest BCUT2D eigenvalue weighted by Crippen LogP contribution is -2.13. The van der Waals surface area contributed by atoms with Crippen molar-refractivity contribution in [2.24, 2.45) is 11.8 Å². The zero-order valence-corrected chi connectivity index (χ0v) is 11.8. The maximum Gasteiger partial charge on any atom is 0.00676 e. The third kappa shape index (κ3) is 7.05. The Morgan fingerprint density at radius 1 is 1.14 bits per heavy atom. The van der Waals surface area contributed by atoms with Gasteiger partial charge in [0, 0.05) is 5.75 Å². The van der Waals surface area contributed by atoms with E-state index in [1.165, 1.54) is 37.9 Å². The minimum Gasteiger partial charge on any atom is -0.0976 e.